The Morgan fingerprint density at radius 3 is 1.06 bits per heavy atom. The molecule has 0 rings (SSSR count). The van der Waals surface area contributed by atoms with Crippen molar-refractivity contribution in [3.63, 3.8) is 0 Å². The van der Waals surface area contributed by atoms with E-state index < -0.39 is 55.3 Å². The summed E-state index contributed by atoms with van der Waals surface area (Å²) in [4.78, 5) is 61.3. The van der Waals surface area contributed by atoms with Gasteiger partial charge >= 0.3 is 16.8 Å². The van der Waals surface area contributed by atoms with Crippen molar-refractivity contribution in [3.8, 4) is 0 Å². The maximum absolute atomic E-state index is 10.3. The molecule has 0 aliphatic carbocycles. The van der Waals surface area contributed by atoms with Gasteiger partial charge in [-0.15, -0.1) is 33.4 Å². The van der Waals surface area contributed by atoms with Crippen molar-refractivity contribution >= 4 is 46.3 Å². The van der Waals surface area contributed by atoms with Crippen LogP contribution in [0.5, 0.6) is 0 Å². The van der Waals surface area contributed by atoms with Crippen molar-refractivity contribution in [3.05, 3.63) is 32.3 Å². The summed E-state index contributed by atoms with van der Waals surface area (Å²) in [6.45, 7) is 7.27. The standard InChI is InChI=1S/C6H14Cl2N2.2C5H6NO4.ClHO4.Co/c7-1-4-10(5-2-8)6-3-9;2*1-3(7)5(4(2)8)6(9)10;2-1(3,4)5;/h1-6,9H2;2*1-2H3;(H,2,3,4,5);/q;2*-1;;+3/p-1. The van der Waals surface area contributed by atoms with Crippen LogP contribution in [0.15, 0.2) is 0 Å². The Kier molecular flexibility index (Phi) is 30.8. The van der Waals surface area contributed by atoms with Crippen LogP contribution in [0.2, 0.25) is 0 Å². The number of Topliss-reactive ketones (excluding diaryl/α,β-unsaturated/α-hetero) is 4. The van der Waals surface area contributed by atoms with Crippen LogP contribution in [0.1, 0.15) is 27.7 Å². The van der Waals surface area contributed by atoms with Crippen molar-refractivity contribution in [1.29, 1.82) is 0 Å². The van der Waals surface area contributed by atoms with Crippen molar-refractivity contribution in [2.75, 3.05) is 37.9 Å². The Morgan fingerprint density at radius 1 is 0.750 bits per heavy atom. The smallest absolute Gasteiger partial charge is 0.329 e. The summed E-state index contributed by atoms with van der Waals surface area (Å²) < 4.78 is 34.0. The van der Waals surface area contributed by atoms with Crippen LogP contribution in [0.3, 0.4) is 0 Å². The minimum atomic E-state index is -4.94. The normalized spacial score (nSPS) is 9.44. The maximum Gasteiger partial charge on any atom is 3.00 e. The topological polar surface area (TPSA) is 276 Å². The molecule has 36 heavy (non-hydrogen) atoms. The number of ketones is 4. The number of carbonyl (C=O) groups is 4. The Hall–Kier alpha value is -1.64. The molecule has 212 valence electrons. The summed E-state index contributed by atoms with van der Waals surface area (Å²) in [5.74, 6) is -1.93. The van der Waals surface area contributed by atoms with E-state index in [2.05, 4.69) is 4.90 Å². The maximum atomic E-state index is 10.3. The van der Waals surface area contributed by atoms with Crippen molar-refractivity contribution in [2.24, 2.45) is 5.73 Å². The zero-order chi connectivity index (χ0) is 28.9. The van der Waals surface area contributed by atoms with Gasteiger partial charge < -0.3 is 24.9 Å². The third-order valence-corrected chi connectivity index (χ3v) is 3.28. The fourth-order valence-corrected chi connectivity index (χ4v) is 2.25. The molecule has 0 bridgehead atoms. The predicted molar refractivity (Wildman–Crippen MR) is 110 cm³/mol. The Balaban J connectivity index is -0.000000121. The summed E-state index contributed by atoms with van der Waals surface area (Å²) in [6.07, 6.45) is 0. The van der Waals surface area contributed by atoms with Gasteiger partial charge in [0.15, 0.2) is 0 Å². The Labute approximate surface area is 229 Å². The Morgan fingerprint density at radius 2 is 0.972 bits per heavy atom. The van der Waals surface area contributed by atoms with E-state index in [1.165, 1.54) is 0 Å². The summed E-state index contributed by atoms with van der Waals surface area (Å²) in [5.41, 5.74) is 5.36. The van der Waals surface area contributed by atoms with Crippen LogP contribution in [0, 0.1) is 42.6 Å². The first-order valence-corrected chi connectivity index (χ1v) is 11.3. The number of hydrogen-bond acceptors (Lipinski definition) is 14. The quantitative estimate of drug-likeness (QED) is 0.0705. The molecule has 0 aromatic rings. The van der Waals surface area contributed by atoms with Crippen LogP contribution < -0.4 is 24.4 Å². The van der Waals surface area contributed by atoms with Crippen LogP contribution in [-0.4, -0.2) is 75.8 Å². The zero-order valence-corrected chi connectivity index (χ0v) is 22.8. The second-order valence-corrected chi connectivity index (χ2v) is 7.33. The molecule has 16 nitrogen and oxygen atoms in total. The number of nitrogens with two attached hydrogens (primary N) is 1. The molecular weight excluding hydrogens is 605 g/mol. The fraction of sp³-hybridized carbons (Fsp3) is 0.625. The predicted octanol–water partition coefficient (Wildman–Crippen LogP) is -4.09. The van der Waals surface area contributed by atoms with Crippen molar-refractivity contribution in [2.45, 2.75) is 27.7 Å². The molecule has 0 aliphatic heterocycles. The zero-order valence-electron chi connectivity index (χ0n) is 19.5. The molecule has 0 radical (unpaired) electrons. The molecule has 0 spiro atoms. The molecule has 0 amide bonds. The third kappa shape index (κ3) is 32.4. The average molecular weight is 632 g/mol. The van der Waals surface area contributed by atoms with E-state index in [9.17, 15) is 39.4 Å². The molecule has 20 heteroatoms. The summed E-state index contributed by atoms with van der Waals surface area (Å²) in [5, 5.41) is 19.8. The van der Waals surface area contributed by atoms with E-state index in [1.807, 2.05) is 0 Å². The molecule has 0 aliphatic rings. The minimum Gasteiger partial charge on any atom is -0.329 e. The first-order valence-electron chi connectivity index (χ1n) is 9.00. The number of carbonyl (C=O) groups excluding carboxylic acids is 4. The Bertz CT molecular complexity index is 569. The molecule has 0 atom stereocenters. The third-order valence-electron chi connectivity index (χ3n) is 2.95. The van der Waals surface area contributed by atoms with E-state index in [4.69, 9.17) is 47.6 Å². The number of rotatable bonds is 12. The van der Waals surface area contributed by atoms with Gasteiger partial charge in [0.25, 0.3) is 0 Å². The molecule has 0 saturated carbocycles. The summed E-state index contributed by atoms with van der Waals surface area (Å²) in [6, 6.07) is -1.72. The molecule has 0 unspecified atom stereocenters. The second-order valence-electron chi connectivity index (χ2n) is 5.82. The monoisotopic (exact) mass is 630 g/mol. The van der Waals surface area contributed by atoms with Gasteiger partial charge in [-0.1, -0.05) is 9.85 Å². The summed E-state index contributed by atoms with van der Waals surface area (Å²) in [7, 11) is -4.94. The van der Waals surface area contributed by atoms with Gasteiger partial charge in [-0.05, 0) is 27.7 Å². The van der Waals surface area contributed by atoms with Crippen LogP contribution >= 0.6 is 23.2 Å². The van der Waals surface area contributed by atoms with E-state index in [0.717, 1.165) is 47.3 Å². The second kappa shape index (κ2) is 25.0. The molecule has 0 aromatic carbocycles. The van der Waals surface area contributed by atoms with Crippen LogP contribution in [-0.2, 0) is 36.0 Å². The average Bonchev–Trinajstić information content (AvgIpc) is 2.59. The minimum absolute atomic E-state index is 0. The van der Waals surface area contributed by atoms with Crippen molar-refractivity contribution < 1.29 is 74.7 Å². The first kappa shape index (κ1) is 44.4. The molecule has 0 heterocycles. The van der Waals surface area contributed by atoms with E-state index in [-0.39, 0.29) is 16.8 Å². The SMILES string of the molecule is CC(=O)[C-](C(C)=O)[N+](=O)[O-].CC(=O)[C-](C(C)=O)[N+](=O)[O-].NCCN(CCCl)CCCl.[Co+3].[O-][Cl+3]([O-])([O-])[O-]. The van der Waals surface area contributed by atoms with Gasteiger partial charge in [0.05, 0.1) is 35.2 Å². The molecule has 0 fully saturated rings. The number of nitro groups is 2. The molecular formula is C16H26Cl3CoN4O12. The molecule has 2 N–H and O–H groups in total. The van der Waals surface area contributed by atoms with Gasteiger partial charge in [-0.25, -0.2) is 18.6 Å². The number of hydrogen-bond donors (Lipinski definition) is 1. The van der Waals surface area contributed by atoms with Gasteiger partial charge in [-0.2, -0.15) is 0 Å². The van der Waals surface area contributed by atoms with Gasteiger partial charge in [-0.3, -0.25) is 25.1 Å². The van der Waals surface area contributed by atoms with Crippen molar-refractivity contribution in [1.82, 2.24) is 4.90 Å². The molecule has 0 saturated heterocycles. The largest absolute Gasteiger partial charge is 3.00 e. The van der Waals surface area contributed by atoms with E-state index >= 15 is 0 Å². The van der Waals surface area contributed by atoms with E-state index in [1.54, 1.807) is 0 Å². The number of nitrogens with zero attached hydrogens (tertiary/aromatic N) is 3. The van der Waals surface area contributed by atoms with Crippen LogP contribution in [0.4, 0.5) is 0 Å². The fourth-order valence-electron chi connectivity index (χ4n) is 1.77. The number of alkyl halides is 2. The summed E-state index contributed by atoms with van der Waals surface area (Å²) >= 11 is 11.1. The first-order chi connectivity index (χ1) is 15.8. The van der Waals surface area contributed by atoms with E-state index in [0.29, 0.717) is 18.3 Å². The number of halogens is 3. The molecule has 0 aromatic heterocycles. The van der Waals surface area contributed by atoms with Gasteiger partial charge in [0.2, 0.25) is 0 Å². The van der Waals surface area contributed by atoms with Gasteiger partial charge in [0.1, 0.15) is 0 Å². The van der Waals surface area contributed by atoms with Gasteiger partial charge in [0, 0.05) is 37.9 Å². The van der Waals surface area contributed by atoms with Crippen LogP contribution in [0.25, 0.3) is 0 Å².